The number of ether oxygens (including phenoxy) is 1. The van der Waals surface area contributed by atoms with Crippen molar-refractivity contribution in [1.82, 2.24) is 0 Å². The molecule has 1 rings (SSSR count). The Balaban J connectivity index is 2.77. The molecule has 108 valence electrons. The molecule has 0 aliphatic rings. The number of hydrogen-bond acceptors (Lipinski definition) is 3. The van der Waals surface area contributed by atoms with Crippen LogP contribution in [0.2, 0.25) is 0 Å². The Morgan fingerprint density at radius 2 is 1.84 bits per heavy atom. The maximum atomic E-state index is 9.81. The van der Waals surface area contributed by atoms with Gasteiger partial charge in [-0.3, -0.25) is 0 Å². The molecule has 0 radical (unpaired) electrons. The number of aliphatic hydroxyl groups is 1. The van der Waals surface area contributed by atoms with E-state index >= 15 is 0 Å². The Bertz CT molecular complexity index is 348. The van der Waals surface area contributed by atoms with Gasteiger partial charge in [-0.1, -0.05) is 32.9 Å². The predicted molar refractivity (Wildman–Crippen MR) is 80.6 cm³/mol. The number of hydrogen-bond donors (Lipinski definition) is 1. The molecule has 0 heterocycles. The summed E-state index contributed by atoms with van der Waals surface area (Å²) in [6.07, 6.45) is 0.394. The predicted octanol–water partition coefficient (Wildman–Crippen LogP) is 3.24. The highest BCUT2D eigenvalue weighted by Crippen LogP contribution is 2.21. The molecule has 3 nitrogen and oxygen atoms in total. The van der Waals surface area contributed by atoms with E-state index in [2.05, 4.69) is 30.9 Å². The van der Waals surface area contributed by atoms with Crippen LogP contribution in [-0.2, 0) is 4.74 Å². The van der Waals surface area contributed by atoms with Crippen molar-refractivity contribution in [2.24, 2.45) is 5.92 Å². The van der Waals surface area contributed by atoms with E-state index in [0.29, 0.717) is 5.92 Å². The Morgan fingerprint density at radius 3 is 2.32 bits per heavy atom. The van der Waals surface area contributed by atoms with Crippen LogP contribution in [0.5, 0.6) is 0 Å². The van der Waals surface area contributed by atoms with Crippen molar-refractivity contribution in [3.8, 4) is 0 Å². The molecule has 0 fully saturated rings. The van der Waals surface area contributed by atoms with E-state index < -0.39 is 0 Å². The largest absolute Gasteiger partial charge is 0.388 e. The lowest BCUT2D eigenvalue weighted by Crippen LogP contribution is -2.30. The van der Waals surface area contributed by atoms with Gasteiger partial charge in [0.25, 0.3) is 0 Å². The van der Waals surface area contributed by atoms with E-state index in [1.54, 1.807) is 7.11 Å². The molecule has 0 spiro atoms. The topological polar surface area (TPSA) is 32.7 Å². The summed E-state index contributed by atoms with van der Waals surface area (Å²) < 4.78 is 5.17. The molecule has 0 bridgehead atoms. The third-order valence-corrected chi connectivity index (χ3v) is 3.18. The lowest BCUT2D eigenvalue weighted by atomic mass is 10.1. The minimum atomic E-state index is -0.355. The molecule has 0 saturated heterocycles. The minimum Gasteiger partial charge on any atom is -0.388 e. The van der Waals surface area contributed by atoms with E-state index in [0.717, 1.165) is 31.7 Å². The van der Waals surface area contributed by atoms with E-state index in [1.807, 2.05) is 19.1 Å². The summed E-state index contributed by atoms with van der Waals surface area (Å²) in [6.45, 7) is 9.06. The number of nitrogens with zero attached hydrogens (tertiary/aromatic N) is 1. The molecule has 0 aromatic heterocycles. The van der Waals surface area contributed by atoms with Crippen LogP contribution in [-0.4, -0.2) is 31.9 Å². The summed E-state index contributed by atoms with van der Waals surface area (Å²) in [6, 6.07) is 8.21. The summed E-state index contributed by atoms with van der Waals surface area (Å²) in [7, 11) is 1.73. The number of benzene rings is 1. The Kier molecular flexibility index (Phi) is 6.89. The van der Waals surface area contributed by atoms with Crippen LogP contribution in [0.25, 0.3) is 0 Å². The normalized spacial score (nSPS) is 12.7. The number of rotatable bonds is 8. The zero-order valence-electron chi connectivity index (χ0n) is 12.6. The fourth-order valence-electron chi connectivity index (χ4n) is 2.11. The molecule has 3 heteroatoms. The molecular weight excluding hydrogens is 238 g/mol. The SMILES string of the molecule is CC[C@H](O)c1ccc(N(CCOC)CC(C)C)cc1. The summed E-state index contributed by atoms with van der Waals surface area (Å²) in [5.41, 5.74) is 2.18. The monoisotopic (exact) mass is 265 g/mol. The van der Waals surface area contributed by atoms with Gasteiger partial charge >= 0.3 is 0 Å². The first kappa shape index (κ1) is 16.0. The second-order valence-electron chi connectivity index (χ2n) is 5.35. The lowest BCUT2D eigenvalue weighted by Gasteiger charge is -2.26. The summed E-state index contributed by atoms with van der Waals surface area (Å²) >= 11 is 0. The van der Waals surface area contributed by atoms with Gasteiger partial charge in [-0.2, -0.15) is 0 Å². The summed E-state index contributed by atoms with van der Waals surface area (Å²) in [5.74, 6) is 0.609. The maximum absolute atomic E-state index is 9.81. The van der Waals surface area contributed by atoms with E-state index in [9.17, 15) is 5.11 Å². The summed E-state index contributed by atoms with van der Waals surface area (Å²) in [5, 5.41) is 9.81. The van der Waals surface area contributed by atoms with Crippen LogP contribution in [0.15, 0.2) is 24.3 Å². The standard InChI is InChI=1S/C16H27NO2/c1-5-16(18)14-6-8-15(9-7-14)17(10-11-19-4)12-13(2)3/h6-9,13,16,18H,5,10-12H2,1-4H3/t16-/m0/s1. The first-order valence-corrected chi connectivity index (χ1v) is 7.10. The minimum absolute atomic E-state index is 0.355. The molecule has 19 heavy (non-hydrogen) atoms. The first-order valence-electron chi connectivity index (χ1n) is 7.10. The van der Waals surface area contributed by atoms with Gasteiger partial charge in [-0.15, -0.1) is 0 Å². The molecule has 1 atom stereocenters. The molecule has 0 aliphatic carbocycles. The molecule has 1 aromatic rings. The van der Waals surface area contributed by atoms with Crippen LogP contribution < -0.4 is 4.90 Å². The van der Waals surface area contributed by atoms with Gasteiger partial charge in [0, 0.05) is 25.9 Å². The van der Waals surface area contributed by atoms with E-state index in [-0.39, 0.29) is 6.10 Å². The van der Waals surface area contributed by atoms with Crippen molar-refractivity contribution < 1.29 is 9.84 Å². The molecule has 1 N–H and O–H groups in total. The third-order valence-electron chi connectivity index (χ3n) is 3.18. The number of methoxy groups -OCH3 is 1. The molecule has 0 amide bonds. The van der Waals surface area contributed by atoms with E-state index in [4.69, 9.17) is 4.74 Å². The van der Waals surface area contributed by atoms with Crippen LogP contribution in [0.3, 0.4) is 0 Å². The average Bonchev–Trinajstić information content (AvgIpc) is 2.42. The Morgan fingerprint density at radius 1 is 1.21 bits per heavy atom. The quantitative estimate of drug-likeness (QED) is 0.783. The fourth-order valence-corrected chi connectivity index (χ4v) is 2.11. The highest BCUT2D eigenvalue weighted by atomic mass is 16.5. The molecule has 1 aromatic carbocycles. The second kappa shape index (κ2) is 8.18. The highest BCUT2D eigenvalue weighted by molar-refractivity contribution is 5.48. The summed E-state index contributed by atoms with van der Waals surface area (Å²) in [4.78, 5) is 2.33. The van der Waals surface area contributed by atoms with Crippen LogP contribution in [0.4, 0.5) is 5.69 Å². The van der Waals surface area contributed by atoms with Gasteiger partial charge < -0.3 is 14.7 Å². The molecule has 0 unspecified atom stereocenters. The van der Waals surface area contributed by atoms with Crippen molar-refractivity contribution in [1.29, 1.82) is 0 Å². The van der Waals surface area contributed by atoms with Gasteiger partial charge in [0.05, 0.1) is 12.7 Å². The Labute approximate surface area is 117 Å². The smallest absolute Gasteiger partial charge is 0.0787 e. The fraction of sp³-hybridized carbons (Fsp3) is 0.625. The van der Waals surface area contributed by atoms with Gasteiger partial charge in [0.2, 0.25) is 0 Å². The molecular formula is C16H27NO2. The van der Waals surface area contributed by atoms with Gasteiger partial charge in [0.1, 0.15) is 0 Å². The molecule has 0 aliphatic heterocycles. The van der Waals surface area contributed by atoms with Gasteiger partial charge in [0.15, 0.2) is 0 Å². The van der Waals surface area contributed by atoms with Crippen molar-refractivity contribution in [2.75, 3.05) is 31.7 Å². The van der Waals surface area contributed by atoms with Crippen molar-refractivity contribution in [2.45, 2.75) is 33.3 Å². The first-order chi connectivity index (χ1) is 9.08. The zero-order valence-corrected chi connectivity index (χ0v) is 12.6. The van der Waals surface area contributed by atoms with E-state index in [1.165, 1.54) is 5.69 Å². The van der Waals surface area contributed by atoms with Crippen LogP contribution in [0.1, 0.15) is 38.9 Å². The number of anilines is 1. The zero-order chi connectivity index (χ0) is 14.3. The van der Waals surface area contributed by atoms with Gasteiger partial charge in [-0.05, 0) is 30.0 Å². The second-order valence-corrected chi connectivity index (χ2v) is 5.35. The Hall–Kier alpha value is -1.06. The average molecular weight is 265 g/mol. The van der Waals surface area contributed by atoms with Crippen molar-refractivity contribution in [3.05, 3.63) is 29.8 Å². The third kappa shape index (κ3) is 5.21. The van der Waals surface area contributed by atoms with Crippen molar-refractivity contribution >= 4 is 5.69 Å². The molecule has 0 saturated carbocycles. The van der Waals surface area contributed by atoms with Crippen LogP contribution in [0, 0.1) is 5.92 Å². The van der Waals surface area contributed by atoms with Gasteiger partial charge in [-0.25, -0.2) is 0 Å². The highest BCUT2D eigenvalue weighted by Gasteiger charge is 2.10. The maximum Gasteiger partial charge on any atom is 0.0787 e. The lowest BCUT2D eigenvalue weighted by molar-refractivity contribution is 0.173. The van der Waals surface area contributed by atoms with Crippen LogP contribution >= 0.6 is 0 Å². The van der Waals surface area contributed by atoms with Crippen molar-refractivity contribution in [3.63, 3.8) is 0 Å². The number of aliphatic hydroxyl groups excluding tert-OH is 1.